The number of benzene rings is 1. The molecule has 0 atom stereocenters. The number of fused-ring (bicyclic) bond motifs is 3. The number of nitrogens with zero attached hydrogens (tertiary/aromatic N) is 4. The first kappa shape index (κ1) is 17.1. The van der Waals surface area contributed by atoms with Gasteiger partial charge in [0.2, 0.25) is 5.91 Å². The van der Waals surface area contributed by atoms with Crippen molar-refractivity contribution in [2.75, 3.05) is 7.11 Å². The number of pyridine rings is 1. The smallest absolute Gasteiger partial charge is 0.248 e. The Kier molecular flexibility index (Phi) is 3.87. The Morgan fingerprint density at radius 2 is 2.00 bits per heavy atom. The first-order valence-corrected chi connectivity index (χ1v) is 8.76. The van der Waals surface area contributed by atoms with Crippen LogP contribution in [0.25, 0.3) is 33.3 Å². The molecule has 3 heterocycles. The molecule has 27 heavy (non-hydrogen) atoms. The van der Waals surface area contributed by atoms with Crippen molar-refractivity contribution < 1.29 is 9.53 Å². The molecule has 0 unspecified atom stereocenters. The van der Waals surface area contributed by atoms with Gasteiger partial charge in [-0.15, -0.1) is 0 Å². The van der Waals surface area contributed by atoms with Gasteiger partial charge in [-0.05, 0) is 44.2 Å². The second kappa shape index (κ2) is 6.12. The van der Waals surface area contributed by atoms with E-state index in [1.807, 2.05) is 41.4 Å². The SMILES string of the molecule is CCn1nc(C)cc1-c1ccc2c3cc(C(N)=O)cc(OC)c3n(C)c2n1. The van der Waals surface area contributed by atoms with Crippen LogP contribution in [0.1, 0.15) is 23.0 Å². The summed E-state index contributed by atoms with van der Waals surface area (Å²) in [4.78, 5) is 16.6. The van der Waals surface area contributed by atoms with Gasteiger partial charge in [0.15, 0.2) is 0 Å². The molecule has 1 aromatic carbocycles. The number of hydrogen-bond donors (Lipinski definition) is 1. The number of rotatable bonds is 4. The standard InChI is InChI=1S/C20H21N5O2/c1-5-25-16(8-11(2)23-25)15-7-6-13-14-9-12(19(21)26)10-17(27-4)18(14)24(3)20(13)22-15/h6-10H,5H2,1-4H3,(H2,21,26). The predicted molar refractivity (Wildman–Crippen MR) is 105 cm³/mol. The van der Waals surface area contributed by atoms with E-state index < -0.39 is 5.91 Å². The van der Waals surface area contributed by atoms with Crippen LogP contribution in [-0.4, -0.2) is 32.3 Å². The van der Waals surface area contributed by atoms with E-state index in [1.54, 1.807) is 19.2 Å². The first-order chi connectivity index (χ1) is 12.9. The van der Waals surface area contributed by atoms with Crippen molar-refractivity contribution in [3.63, 3.8) is 0 Å². The first-order valence-electron chi connectivity index (χ1n) is 8.76. The van der Waals surface area contributed by atoms with Crippen molar-refractivity contribution in [2.24, 2.45) is 12.8 Å². The molecule has 0 radical (unpaired) electrons. The van der Waals surface area contributed by atoms with Crippen LogP contribution < -0.4 is 10.5 Å². The monoisotopic (exact) mass is 363 g/mol. The van der Waals surface area contributed by atoms with E-state index in [0.29, 0.717) is 11.3 Å². The van der Waals surface area contributed by atoms with Crippen molar-refractivity contribution in [3.8, 4) is 17.1 Å². The van der Waals surface area contributed by atoms with Crippen molar-refractivity contribution in [1.82, 2.24) is 19.3 Å². The second-order valence-corrected chi connectivity index (χ2v) is 6.55. The molecule has 1 amide bonds. The Bertz CT molecular complexity index is 1200. The fourth-order valence-corrected chi connectivity index (χ4v) is 3.61. The van der Waals surface area contributed by atoms with E-state index in [0.717, 1.165) is 45.6 Å². The molecule has 138 valence electrons. The zero-order valence-electron chi connectivity index (χ0n) is 15.8. The number of aryl methyl sites for hydroxylation is 3. The average molecular weight is 363 g/mol. The maximum atomic E-state index is 11.7. The van der Waals surface area contributed by atoms with E-state index in [1.165, 1.54) is 0 Å². The lowest BCUT2D eigenvalue weighted by Gasteiger charge is -2.07. The fourth-order valence-electron chi connectivity index (χ4n) is 3.61. The number of hydrogen-bond acceptors (Lipinski definition) is 4. The third-order valence-corrected chi connectivity index (χ3v) is 4.86. The van der Waals surface area contributed by atoms with Gasteiger partial charge in [0.05, 0.1) is 29.7 Å². The fraction of sp³-hybridized carbons (Fsp3) is 0.250. The van der Waals surface area contributed by atoms with E-state index in [2.05, 4.69) is 12.0 Å². The van der Waals surface area contributed by atoms with Crippen LogP contribution in [0.5, 0.6) is 5.75 Å². The summed E-state index contributed by atoms with van der Waals surface area (Å²) in [6.45, 7) is 4.80. The molecule has 3 aromatic heterocycles. The minimum Gasteiger partial charge on any atom is -0.495 e. The van der Waals surface area contributed by atoms with Gasteiger partial charge < -0.3 is 15.0 Å². The molecule has 0 aliphatic heterocycles. The van der Waals surface area contributed by atoms with E-state index >= 15 is 0 Å². The topological polar surface area (TPSA) is 88.0 Å². The number of amides is 1. The largest absolute Gasteiger partial charge is 0.495 e. The predicted octanol–water partition coefficient (Wildman–Crippen LogP) is 3.03. The highest BCUT2D eigenvalue weighted by atomic mass is 16.5. The summed E-state index contributed by atoms with van der Waals surface area (Å²) in [5.41, 5.74) is 10.4. The van der Waals surface area contributed by atoms with Gasteiger partial charge in [-0.25, -0.2) is 4.98 Å². The van der Waals surface area contributed by atoms with Crippen molar-refractivity contribution in [3.05, 3.63) is 41.6 Å². The lowest BCUT2D eigenvalue weighted by Crippen LogP contribution is -2.11. The van der Waals surface area contributed by atoms with Gasteiger partial charge in [0, 0.05) is 29.9 Å². The highest BCUT2D eigenvalue weighted by Crippen LogP contribution is 2.35. The van der Waals surface area contributed by atoms with E-state index in [-0.39, 0.29) is 0 Å². The number of methoxy groups -OCH3 is 1. The normalized spacial score (nSPS) is 11.4. The van der Waals surface area contributed by atoms with Gasteiger partial charge >= 0.3 is 0 Å². The summed E-state index contributed by atoms with van der Waals surface area (Å²) in [6, 6.07) is 9.50. The van der Waals surface area contributed by atoms with E-state index in [9.17, 15) is 4.79 Å². The molecule has 0 spiro atoms. The average Bonchev–Trinajstić information content (AvgIpc) is 3.18. The number of ether oxygens (including phenoxy) is 1. The van der Waals surface area contributed by atoms with Crippen LogP contribution >= 0.6 is 0 Å². The molecule has 0 fully saturated rings. The molecular formula is C20H21N5O2. The minimum atomic E-state index is -0.487. The molecule has 0 aliphatic rings. The highest BCUT2D eigenvalue weighted by molar-refractivity contribution is 6.12. The van der Waals surface area contributed by atoms with Crippen molar-refractivity contribution in [1.29, 1.82) is 0 Å². The van der Waals surface area contributed by atoms with Crippen LogP contribution in [0.3, 0.4) is 0 Å². The molecule has 7 nitrogen and oxygen atoms in total. The summed E-state index contributed by atoms with van der Waals surface area (Å²) in [6.07, 6.45) is 0. The quantitative estimate of drug-likeness (QED) is 0.604. The van der Waals surface area contributed by atoms with Crippen LogP contribution in [-0.2, 0) is 13.6 Å². The molecule has 0 aliphatic carbocycles. The Labute approximate surface area is 156 Å². The van der Waals surface area contributed by atoms with E-state index in [4.69, 9.17) is 15.5 Å². The Morgan fingerprint density at radius 1 is 1.22 bits per heavy atom. The molecule has 4 rings (SSSR count). The maximum Gasteiger partial charge on any atom is 0.248 e. The second-order valence-electron chi connectivity index (χ2n) is 6.55. The third kappa shape index (κ3) is 2.54. The molecule has 2 N–H and O–H groups in total. The highest BCUT2D eigenvalue weighted by Gasteiger charge is 2.18. The van der Waals surface area contributed by atoms with Crippen LogP contribution in [0.4, 0.5) is 0 Å². The Morgan fingerprint density at radius 3 is 2.67 bits per heavy atom. The summed E-state index contributed by atoms with van der Waals surface area (Å²) in [5, 5.41) is 6.34. The summed E-state index contributed by atoms with van der Waals surface area (Å²) in [7, 11) is 3.52. The number of nitrogens with two attached hydrogens (primary N) is 1. The van der Waals surface area contributed by atoms with Gasteiger partial charge in [-0.2, -0.15) is 5.10 Å². The Hall–Kier alpha value is -3.35. The number of primary amides is 1. The molecule has 0 saturated heterocycles. The number of carbonyl (C=O) groups is 1. The van der Waals surface area contributed by atoms with Crippen LogP contribution in [0, 0.1) is 6.92 Å². The lowest BCUT2D eigenvalue weighted by atomic mass is 10.1. The van der Waals surface area contributed by atoms with Gasteiger partial charge in [0.1, 0.15) is 11.4 Å². The molecule has 0 saturated carbocycles. The zero-order chi connectivity index (χ0) is 19.3. The molecule has 4 aromatic rings. The van der Waals surface area contributed by atoms with Gasteiger partial charge in [0.25, 0.3) is 0 Å². The van der Waals surface area contributed by atoms with Crippen LogP contribution in [0.15, 0.2) is 30.3 Å². The lowest BCUT2D eigenvalue weighted by molar-refractivity contribution is 0.1000. The van der Waals surface area contributed by atoms with Crippen molar-refractivity contribution >= 4 is 27.8 Å². The summed E-state index contributed by atoms with van der Waals surface area (Å²) in [5.74, 6) is 0.108. The van der Waals surface area contributed by atoms with Crippen molar-refractivity contribution in [2.45, 2.75) is 20.4 Å². The number of aromatic nitrogens is 4. The number of carbonyl (C=O) groups excluding carboxylic acids is 1. The molecule has 7 heteroatoms. The maximum absolute atomic E-state index is 11.7. The minimum absolute atomic E-state index is 0.413. The van der Waals surface area contributed by atoms with Gasteiger partial charge in [-0.1, -0.05) is 0 Å². The summed E-state index contributed by atoms with van der Waals surface area (Å²) < 4.78 is 9.44. The van der Waals surface area contributed by atoms with Crippen LogP contribution in [0.2, 0.25) is 0 Å². The summed E-state index contributed by atoms with van der Waals surface area (Å²) >= 11 is 0. The van der Waals surface area contributed by atoms with Gasteiger partial charge in [-0.3, -0.25) is 9.48 Å². The third-order valence-electron chi connectivity index (χ3n) is 4.86. The molecule has 0 bridgehead atoms. The zero-order valence-corrected chi connectivity index (χ0v) is 15.8. The molecular weight excluding hydrogens is 342 g/mol. The Balaban J connectivity index is 2.03.